The molecular weight excluding hydrogens is 98.1 g/mol. The molecule has 1 heteroatoms. The number of rotatable bonds is 2. The van der Waals surface area contributed by atoms with E-state index in [9.17, 15) is 0 Å². The number of aliphatic imine (C=N–C) groups is 1. The van der Waals surface area contributed by atoms with Gasteiger partial charge in [-0.15, -0.1) is 0 Å². The van der Waals surface area contributed by atoms with Gasteiger partial charge < -0.3 is 0 Å². The Morgan fingerprint density at radius 2 is 2.25 bits per heavy atom. The molecule has 0 fully saturated rings. The minimum Gasteiger partial charge on any atom is -0.262 e. The van der Waals surface area contributed by atoms with Crippen molar-refractivity contribution in [1.29, 1.82) is 0 Å². The average Bonchev–Trinajstić information content (AvgIpc) is 1.83. The van der Waals surface area contributed by atoms with E-state index in [2.05, 4.69) is 11.6 Å². The molecule has 0 aliphatic carbocycles. The van der Waals surface area contributed by atoms with E-state index in [1.54, 1.807) is 12.3 Å². The van der Waals surface area contributed by atoms with Gasteiger partial charge in [-0.05, 0) is 19.9 Å². The third-order valence-electron chi connectivity index (χ3n) is 0.723. The van der Waals surface area contributed by atoms with Gasteiger partial charge in [-0.3, -0.25) is 4.99 Å². The molecule has 0 amide bonds. The molecule has 0 heterocycles. The predicted octanol–water partition coefficient (Wildman–Crippen LogP) is 2.17. The van der Waals surface area contributed by atoms with Gasteiger partial charge in [0.25, 0.3) is 0 Å². The van der Waals surface area contributed by atoms with Crippen LogP contribution in [0.1, 0.15) is 13.8 Å². The van der Waals surface area contributed by atoms with Gasteiger partial charge in [0.1, 0.15) is 0 Å². The van der Waals surface area contributed by atoms with Crippen LogP contribution in [0, 0.1) is 0 Å². The SMILES string of the molecule is C=C/C(C)=N\C=C/C. The van der Waals surface area contributed by atoms with Gasteiger partial charge in [0, 0.05) is 11.9 Å². The summed E-state index contributed by atoms with van der Waals surface area (Å²) >= 11 is 0. The molecule has 0 spiro atoms. The fourth-order valence-electron chi connectivity index (χ4n) is 0.245. The monoisotopic (exact) mass is 109 g/mol. The summed E-state index contributed by atoms with van der Waals surface area (Å²) < 4.78 is 0. The van der Waals surface area contributed by atoms with Crippen LogP contribution >= 0.6 is 0 Å². The molecule has 0 bridgehead atoms. The third-order valence-corrected chi connectivity index (χ3v) is 0.723. The Bertz CT molecular complexity index is 120. The van der Waals surface area contributed by atoms with Crippen molar-refractivity contribution in [3.05, 3.63) is 24.9 Å². The molecule has 0 aliphatic heterocycles. The van der Waals surface area contributed by atoms with Crippen LogP contribution in [-0.4, -0.2) is 5.71 Å². The van der Waals surface area contributed by atoms with Crippen LogP contribution in [0.2, 0.25) is 0 Å². The second kappa shape index (κ2) is 4.31. The topological polar surface area (TPSA) is 12.4 Å². The molecule has 0 atom stereocenters. The van der Waals surface area contributed by atoms with Crippen molar-refractivity contribution < 1.29 is 0 Å². The molecule has 0 saturated heterocycles. The highest BCUT2D eigenvalue weighted by atomic mass is 14.7. The minimum absolute atomic E-state index is 0.947. The van der Waals surface area contributed by atoms with Crippen molar-refractivity contribution in [3.8, 4) is 0 Å². The van der Waals surface area contributed by atoms with Gasteiger partial charge in [0.15, 0.2) is 0 Å². The summed E-state index contributed by atoms with van der Waals surface area (Å²) in [7, 11) is 0. The fraction of sp³-hybridized carbons (Fsp3) is 0.286. The molecule has 44 valence electrons. The number of hydrogen-bond acceptors (Lipinski definition) is 1. The number of hydrogen-bond donors (Lipinski definition) is 0. The first kappa shape index (κ1) is 7.15. The highest BCUT2D eigenvalue weighted by molar-refractivity contribution is 5.92. The van der Waals surface area contributed by atoms with E-state index < -0.39 is 0 Å². The molecule has 0 aliphatic rings. The number of nitrogens with zero attached hydrogens (tertiary/aromatic N) is 1. The van der Waals surface area contributed by atoms with E-state index in [0.29, 0.717) is 0 Å². The highest BCUT2D eigenvalue weighted by Gasteiger charge is 1.71. The largest absolute Gasteiger partial charge is 0.262 e. The molecular formula is C7H11N. The lowest BCUT2D eigenvalue weighted by Gasteiger charge is -1.81. The van der Waals surface area contributed by atoms with Crippen LogP contribution in [-0.2, 0) is 0 Å². The highest BCUT2D eigenvalue weighted by Crippen LogP contribution is 1.79. The van der Waals surface area contributed by atoms with Crippen molar-refractivity contribution in [3.63, 3.8) is 0 Å². The molecule has 0 aromatic rings. The van der Waals surface area contributed by atoms with E-state index >= 15 is 0 Å². The van der Waals surface area contributed by atoms with Gasteiger partial charge in [-0.1, -0.05) is 12.7 Å². The summed E-state index contributed by atoms with van der Waals surface area (Å²) in [4.78, 5) is 3.98. The van der Waals surface area contributed by atoms with E-state index in [1.807, 2.05) is 19.9 Å². The van der Waals surface area contributed by atoms with E-state index in [1.165, 1.54) is 0 Å². The van der Waals surface area contributed by atoms with Crippen molar-refractivity contribution in [1.82, 2.24) is 0 Å². The minimum atomic E-state index is 0.947. The molecule has 0 aromatic heterocycles. The van der Waals surface area contributed by atoms with E-state index in [-0.39, 0.29) is 0 Å². The molecule has 0 rings (SSSR count). The second-order valence-electron chi connectivity index (χ2n) is 1.46. The Balaban J connectivity index is 3.74. The van der Waals surface area contributed by atoms with Gasteiger partial charge in [-0.25, -0.2) is 0 Å². The van der Waals surface area contributed by atoms with Gasteiger partial charge >= 0.3 is 0 Å². The fourth-order valence-corrected chi connectivity index (χ4v) is 0.245. The van der Waals surface area contributed by atoms with Gasteiger partial charge in [0.05, 0.1) is 0 Å². The first-order chi connectivity index (χ1) is 3.81. The zero-order valence-electron chi connectivity index (χ0n) is 5.39. The van der Waals surface area contributed by atoms with Crippen LogP contribution < -0.4 is 0 Å². The van der Waals surface area contributed by atoms with Crippen molar-refractivity contribution in [2.75, 3.05) is 0 Å². The zero-order chi connectivity index (χ0) is 6.41. The molecule has 0 unspecified atom stereocenters. The molecule has 1 nitrogen and oxygen atoms in total. The van der Waals surface area contributed by atoms with Gasteiger partial charge in [-0.2, -0.15) is 0 Å². The van der Waals surface area contributed by atoms with Crippen LogP contribution in [0.3, 0.4) is 0 Å². The first-order valence-electron chi connectivity index (χ1n) is 2.59. The summed E-state index contributed by atoms with van der Waals surface area (Å²) in [6.45, 7) is 7.39. The maximum atomic E-state index is 3.98. The first-order valence-corrected chi connectivity index (χ1v) is 2.59. The van der Waals surface area contributed by atoms with E-state index in [0.717, 1.165) is 5.71 Å². The third kappa shape index (κ3) is 3.34. The zero-order valence-corrected chi connectivity index (χ0v) is 5.39. The molecule has 0 radical (unpaired) electrons. The molecule has 0 N–H and O–H groups in total. The van der Waals surface area contributed by atoms with Crippen LogP contribution in [0.4, 0.5) is 0 Å². The van der Waals surface area contributed by atoms with Crippen molar-refractivity contribution >= 4 is 5.71 Å². The summed E-state index contributed by atoms with van der Waals surface area (Å²) in [6.07, 6.45) is 5.35. The van der Waals surface area contributed by atoms with Crippen LogP contribution in [0.25, 0.3) is 0 Å². The maximum Gasteiger partial charge on any atom is 0.0366 e. The normalized spacial score (nSPS) is 12.5. The Hall–Kier alpha value is -0.850. The number of allylic oxidation sites excluding steroid dienone is 2. The summed E-state index contributed by atoms with van der Waals surface area (Å²) in [5, 5.41) is 0. The summed E-state index contributed by atoms with van der Waals surface area (Å²) in [5.74, 6) is 0. The molecule has 0 aromatic carbocycles. The Labute approximate surface area is 50.4 Å². The Morgan fingerprint density at radius 3 is 2.62 bits per heavy atom. The smallest absolute Gasteiger partial charge is 0.0366 e. The van der Waals surface area contributed by atoms with Crippen molar-refractivity contribution in [2.45, 2.75) is 13.8 Å². The van der Waals surface area contributed by atoms with Gasteiger partial charge in [0.2, 0.25) is 0 Å². The van der Waals surface area contributed by atoms with Crippen LogP contribution in [0.5, 0.6) is 0 Å². The summed E-state index contributed by atoms with van der Waals surface area (Å²) in [6, 6.07) is 0. The van der Waals surface area contributed by atoms with Crippen molar-refractivity contribution in [2.24, 2.45) is 4.99 Å². The lowest BCUT2D eigenvalue weighted by Crippen LogP contribution is -1.77. The quantitative estimate of drug-likeness (QED) is 0.482. The molecule has 0 saturated carbocycles. The van der Waals surface area contributed by atoms with E-state index in [4.69, 9.17) is 0 Å². The predicted molar refractivity (Wildman–Crippen MR) is 38.1 cm³/mol. The Kier molecular flexibility index (Phi) is 3.85. The second-order valence-corrected chi connectivity index (χ2v) is 1.46. The van der Waals surface area contributed by atoms with Crippen LogP contribution in [0.15, 0.2) is 29.9 Å². The maximum absolute atomic E-state index is 3.98. The standard InChI is InChI=1S/C7H11N/c1-4-6-8-7(3)5-2/h4-6H,2H2,1,3H3/b6-4-,8-7-. The summed E-state index contributed by atoms with van der Waals surface area (Å²) in [5.41, 5.74) is 0.947. The molecule has 8 heavy (non-hydrogen) atoms. The lowest BCUT2D eigenvalue weighted by atomic mass is 10.4. The lowest BCUT2D eigenvalue weighted by molar-refractivity contribution is 1.51. The Morgan fingerprint density at radius 1 is 1.62 bits per heavy atom. The average molecular weight is 109 g/mol.